The van der Waals surface area contributed by atoms with Crippen molar-refractivity contribution in [3.05, 3.63) is 28.8 Å². The Labute approximate surface area is 132 Å². The summed E-state index contributed by atoms with van der Waals surface area (Å²) in [6, 6.07) is 5.51. The number of hydrogen-bond donors (Lipinski definition) is 2. The number of carbonyl (C=O) groups excluding carboxylic acids is 1. The average Bonchev–Trinajstić information content (AvgIpc) is 2.47. The summed E-state index contributed by atoms with van der Waals surface area (Å²) < 4.78 is 5.78. The number of ether oxygens (including phenoxy) is 1. The minimum Gasteiger partial charge on any atom is -0.481 e. The van der Waals surface area contributed by atoms with E-state index in [9.17, 15) is 4.79 Å². The van der Waals surface area contributed by atoms with Gasteiger partial charge in [0.05, 0.1) is 0 Å². The van der Waals surface area contributed by atoms with Crippen molar-refractivity contribution in [3.63, 3.8) is 0 Å². The second-order valence-corrected chi connectivity index (χ2v) is 5.35. The Bertz CT molecular complexity index is 452. The number of carbonyl (C=O) groups is 1. The first-order valence-corrected chi connectivity index (χ1v) is 7.90. The lowest BCUT2D eigenvalue weighted by molar-refractivity contribution is -0.127. The maximum absolute atomic E-state index is 11.9. The van der Waals surface area contributed by atoms with E-state index in [1.54, 1.807) is 6.92 Å². The number of amides is 1. The number of hydrogen-bond acceptors (Lipinski definition) is 3. The van der Waals surface area contributed by atoms with Crippen molar-refractivity contribution in [3.8, 4) is 5.75 Å². The van der Waals surface area contributed by atoms with Crippen LogP contribution in [0.15, 0.2) is 18.2 Å². The summed E-state index contributed by atoms with van der Waals surface area (Å²) in [6.07, 6.45) is 1.41. The topological polar surface area (TPSA) is 50.4 Å². The van der Waals surface area contributed by atoms with Gasteiger partial charge in [-0.3, -0.25) is 4.79 Å². The Morgan fingerprint density at radius 1 is 1.29 bits per heavy atom. The highest BCUT2D eigenvalue weighted by Crippen LogP contribution is 2.27. The molecule has 0 fully saturated rings. The van der Waals surface area contributed by atoms with Gasteiger partial charge in [-0.25, -0.2) is 0 Å². The van der Waals surface area contributed by atoms with E-state index in [0.717, 1.165) is 24.9 Å². The van der Waals surface area contributed by atoms with Crippen LogP contribution in [0, 0.1) is 0 Å². The van der Waals surface area contributed by atoms with Gasteiger partial charge in [0.25, 0.3) is 5.91 Å². The normalized spacial score (nSPS) is 12.0. The van der Waals surface area contributed by atoms with Crippen molar-refractivity contribution < 1.29 is 9.53 Å². The van der Waals surface area contributed by atoms with Crippen LogP contribution >= 0.6 is 11.6 Å². The Kier molecular flexibility index (Phi) is 8.16. The molecule has 0 aromatic heterocycles. The fraction of sp³-hybridized carbons (Fsp3) is 0.562. The molecule has 0 radical (unpaired) electrons. The summed E-state index contributed by atoms with van der Waals surface area (Å²) in [5, 5.41) is 6.78. The summed E-state index contributed by atoms with van der Waals surface area (Å²) in [6.45, 7) is 8.07. The lowest BCUT2D eigenvalue weighted by Gasteiger charge is -2.18. The largest absolute Gasteiger partial charge is 0.481 e. The molecule has 1 unspecified atom stereocenters. The molecule has 2 N–H and O–H groups in total. The van der Waals surface area contributed by atoms with Gasteiger partial charge in [-0.1, -0.05) is 31.5 Å². The van der Waals surface area contributed by atoms with E-state index in [4.69, 9.17) is 16.3 Å². The molecule has 0 heterocycles. The van der Waals surface area contributed by atoms with Crippen molar-refractivity contribution >= 4 is 17.5 Å². The summed E-state index contributed by atoms with van der Waals surface area (Å²) in [5.41, 5.74) is 0.891. The number of nitrogens with one attached hydrogen (secondary N) is 2. The minimum absolute atomic E-state index is 0.107. The molecule has 1 rings (SSSR count). The van der Waals surface area contributed by atoms with E-state index >= 15 is 0 Å². The standard InChI is InChI=1S/C16H25ClN2O2/c1-4-9-18-11-13-14(17)7-6-8-15(13)21-12(3)16(20)19-10-5-2/h6-8,12,18H,4-5,9-11H2,1-3H3,(H,19,20). The third-order valence-electron chi connectivity index (χ3n) is 3.03. The van der Waals surface area contributed by atoms with Crippen LogP contribution in [0.4, 0.5) is 0 Å². The van der Waals surface area contributed by atoms with Crippen LogP contribution < -0.4 is 15.4 Å². The van der Waals surface area contributed by atoms with Crippen LogP contribution in [-0.4, -0.2) is 25.1 Å². The molecule has 4 nitrogen and oxygen atoms in total. The summed E-state index contributed by atoms with van der Waals surface area (Å²) in [4.78, 5) is 11.9. The molecule has 1 atom stereocenters. The molecule has 118 valence electrons. The first-order chi connectivity index (χ1) is 10.1. The zero-order chi connectivity index (χ0) is 15.7. The summed E-state index contributed by atoms with van der Waals surface area (Å²) >= 11 is 6.23. The van der Waals surface area contributed by atoms with Crippen LogP contribution in [-0.2, 0) is 11.3 Å². The predicted molar refractivity (Wildman–Crippen MR) is 86.8 cm³/mol. The van der Waals surface area contributed by atoms with Gasteiger partial charge in [-0.05, 0) is 38.4 Å². The van der Waals surface area contributed by atoms with E-state index in [1.165, 1.54) is 0 Å². The lowest BCUT2D eigenvalue weighted by Crippen LogP contribution is -2.36. The number of rotatable bonds is 9. The summed E-state index contributed by atoms with van der Waals surface area (Å²) in [7, 11) is 0. The Morgan fingerprint density at radius 3 is 2.67 bits per heavy atom. The van der Waals surface area contributed by atoms with Crippen LogP contribution in [0.2, 0.25) is 5.02 Å². The molecule has 0 aliphatic rings. The van der Waals surface area contributed by atoms with Gasteiger partial charge in [0.2, 0.25) is 0 Å². The van der Waals surface area contributed by atoms with E-state index in [1.807, 2.05) is 25.1 Å². The minimum atomic E-state index is -0.542. The highest BCUT2D eigenvalue weighted by molar-refractivity contribution is 6.31. The maximum atomic E-state index is 11.9. The van der Waals surface area contributed by atoms with E-state index in [2.05, 4.69) is 17.6 Å². The van der Waals surface area contributed by atoms with E-state index in [0.29, 0.717) is 23.9 Å². The molecule has 0 saturated heterocycles. The second kappa shape index (κ2) is 9.64. The Morgan fingerprint density at radius 2 is 2.00 bits per heavy atom. The predicted octanol–water partition coefficient (Wildman–Crippen LogP) is 3.13. The molecule has 1 aromatic rings. The van der Waals surface area contributed by atoms with Crippen molar-refractivity contribution in [1.82, 2.24) is 10.6 Å². The first-order valence-electron chi connectivity index (χ1n) is 7.52. The molecule has 0 spiro atoms. The molecular weight excluding hydrogens is 288 g/mol. The number of benzene rings is 1. The SMILES string of the molecule is CCCNCc1c(Cl)cccc1OC(C)C(=O)NCCC. The number of halogens is 1. The fourth-order valence-corrected chi connectivity index (χ4v) is 2.08. The van der Waals surface area contributed by atoms with Crippen LogP contribution in [0.25, 0.3) is 0 Å². The van der Waals surface area contributed by atoms with Crippen molar-refractivity contribution in [2.75, 3.05) is 13.1 Å². The van der Waals surface area contributed by atoms with Crippen molar-refractivity contribution in [2.24, 2.45) is 0 Å². The van der Waals surface area contributed by atoms with Crippen molar-refractivity contribution in [2.45, 2.75) is 46.3 Å². The van der Waals surface area contributed by atoms with Gasteiger partial charge in [0.1, 0.15) is 5.75 Å². The van der Waals surface area contributed by atoms with E-state index in [-0.39, 0.29) is 5.91 Å². The highest BCUT2D eigenvalue weighted by atomic mass is 35.5. The molecule has 0 bridgehead atoms. The molecule has 0 aliphatic heterocycles. The zero-order valence-corrected chi connectivity index (χ0v) is 13.8. The lowest BCUT2D eigenvalue weighted by atomic mass is 10.2. The first kappa shape index (κ1) is 17.8. The molecule has 21 heavy (non-hydrogen) atoms. The van der Waals surface area contributed by atoms with Crippen LogP contribution in [0.5, 0.6) is 5.75 Å². The molecular formula is C16H25ClN2O2. The summed E-state index contributed by atoms with van der Waals surface area (Å²) in [5.74, 6) is 0.551. The zero-order valence-electron chi connectivity index (χ0n) is 13.0. The van der Waals surface area contributed by atoms with Gasteiger partial charge in [-0.15, -0.1) is 0 Å². The smallest absolute Gasteiger partial charge is 0.260 e. The highest BCUT2D eigenvalue weighted by Gasteiger charge is 2.16. The molecule has 5 heteroatoms. The van der Waals surface area contributed by atoms with Gasteiger partial charge < -0.3 is 15.4 Å². The quantitative estimate of drug-likeness (QED) is 0.689. The average molecular weight is 313 g/mol. The molecule has 1 aromatic carbocycles. The van der Waals surface area contributed by atoms with E-state index < -0.39 is 6.10 Å². The molecule has 1 amide bonds. The third kappa shape index (κ3) is 5.94. The Hall–Kier alpha value is -1.26. The maximum Gasteiger partial charge on any atom is 0.260 e. The third-order valence-corrected chi connectivity index (χ3v) is 3.38. The van der Waals surface area contributed by atoms with Gasteiger partial charge in [-0.2, -0.15) is 0 Å². The van der Waals surface area contributed by atoms with Gasteiger partial charge >= 0.3 is 0 Å². The van der Waals surface area contributed by atoms with Crippen molar-refractivity contribution in [1.29, 1.82) is 0 Å². The van der Waals surface area contributed by atoms with Crippen LogP contribution in [0.3, 0.4) is 0 Å². The van der Waals surface area contributed by atoms with Gasteiger partial charge in [0.15, 0.2) is 6.10 Å². The molecule has 0 aliphatic carbocycles. The monoisotopic (exact) mass is 312 g/mol. The van der Waals surface area contributed by atoms with Crippen LogP contribution in [0.1, 0.15) is 39.2 Å². The molecule has 0 saturated carbocycles. The fourth-order valence-electron chi connectivity index (χ4n) is 1.85. The van der Waals surface area contributed by atoms with Gasteiger partial charge in [0, 0.05) is 23.7 Å². The Balaban J connectivity index is 2.72. The second-order valence-electron chi connectivity index (χ2n) is 4.94.